The third-order valence-electron chi connectivity index (χ3n) is 4.65. The van der Waals surface area contributed by atoms with Gasteiger partial charge in [0.25, 0.3) is 0 Å². The van der Waals surface area contributed by atoms with E-state index in [1.54, 1.807) is 22.5 Å². The number of rotatable bonds is 6. The molecule has 3 aromatic rings. The van der Waals surface area contributed by atoms with Gasteiger partial charge in [-0.05, 0) is 12.1 Å². The highest BCUT2D eigenvalue weighted by molar-refractivity contribution is 7.13. The molecule has 8 nitrogen and oxygen atoms in total. The first-order chi connectivity index (χ1) is 14.6. The van der Waals surface area contributed by atoms with Gasteiger partial charge in [-0.15, -0.1) is 21.5 Å². The first-order valence-electron chi connectivity index (χ1n) is 9.33. The monoisotopic (exact) mass is 446 g/mol. The molecular weight excluding hydrogens is 427 g/mol. The molecule has 1 aliphatic rings. The van der Waals surface area contributed by atoms with Crippen LogP contribution in [0, 0.1) is 5.82 Å². The molecule has 0 atom stereocenters. The zero-order chi connectivity index (χ0) is 20.9. The number of hydrogen-bond acceptors (Lipinski definition) is 8. The predicted molar refractivity (Wildman–Crippen MR) is 113 cm³/mol. The Hall–Kier alpha value is -2.76. The van der Waals surface area contributed by atoms with Crippen LogP contribution in [0.4, 0.5) is 9.52 Å². The van der Waals surface area contributed by atoms with Gasteiger partial charge in [-0.3, -0.25) is 19.8 Å². The number of thiazole rings is 1. The zero-order valence-corrected chi connectivity index (χ0v) is 17.6. The van der Waals surface area contributed by atoms with Crippen molar-refractivity contribution in [2.45, 2.75) is 6.42 Å². The number of halogens is 1. The molecule has 30 heavy (non-hydrogen) atoms. The third-order valence-corrected chi connectivity index (χ3v) is 6.20. The Bertz CT molecular complexity index is 1020. The normalized spacial score (nSPS) is 14.6. The van der Waals surface area contributed by atoms with Gasteiger partial charge in [-0.2, -0.15) is 0 Å². The van der Waals surface area contributed by atoms with Gasteiger partial charge >= 0.3 is 0 Å². The molecule has 156 valence electrons. The van der Waals surface area contributed by atoms with E-state index < -0.39 is 0 Å². The highest BCUT2D eigenvalue weighted by atomic mass is 32.1. The first-order valence-corrected chi connectivity index (χ1v) is 11.1. The van der Waals surface area contributed by atoms with Crippen molar-refractivity contribution in [1.29, 1.82) is 0 Å². The molecule has 0 aliphatic carbocycles. The van der Waals surface area contributed by atoms with Crippen LogP contribution in [0.3, 0.4) is 0 Å². The summed E-state index contributed by atoms with van der Waals surface area (Å²) in [7, 11) is 0. The molecule has 1 fully saturated rings. The summed E-state index contributed by atoms with van der Waals surface area (Å²) in [4.78, 5) is 33.0. The maximum absolute atomic E-state index is 13.4. The predicted octanol–water partition coefficient (Wildman–Crippen LogP) is 2.13. The minimum Gasteiger partial charge on any atom is -0.340 e. The van der Waals surface area contributed by atoms with Crippen LogP contribution in [0.2, 0.25) is 0 Å². The molecule has 0 bridgehead atoms. The summed E-state index contributed by atoms with van der Waals surface area (Å²) in [6.45, 7) is 2.63. The summed E-state index contributed by atoms with van der Waals surface area (Å²) in [5.74, 6) is -0.446. The maximum atomic E-state index is 13.4. The fourth-order valence-corrected chi connectivity index (χ4v) is 4.43. The van der Waals surface area contributed by atoms with E-state index >= 15 is 0 Å². The minimum absolute atomic E-state index is 0.00375. The first kappa shape index (κ1) is 20.5. The third kappa shape index (κ3) is 5.23. The lowest BCUT2D eigenvalue weighted by atomic mass is 10.2. The van der Waals surface area contributed by atoms with Crippen molar-refractivity contribution in [3.8, 4) is 10.6 Å². The van der Waals surface area contributed by atoms with Crippen molar-refractivity contribution in [2.75, 3.05) is 38.0 Å². The zero-order valence-electron chi connectivity index (χ0n) is 16.0. The van der Waals surface area contributed by atoms with Crippen LogP contribution in [0.1, 0.15) is 5.69 Å². The van der Waals surface area contributed by atoms with Gasteiger partial charge in [0, 0.05) is 37.1 Å². The van der Waals surface area contributed by atoms with Gasteiger partial charge in [0.1, 0.15) is 16.3 Å². The number of amides is 2. The number of nitrogens with one attached hydrogen (secondary N) is 1. The van der Waals surface area contributed by atoms with E-state index in [1.807, 2.05) is 10.3 Å². The molecule has 0 spiro atoms. The molecule has 2 aromatic heterocycles. The van der Waals surface area contributed by atoms with Crippen molar-refractivity contribution in [1.82, 2.24) is 25.0 Å². The van der Waals surface area contributed by atoms with E-state index in [0.29, 0.717) is 47.6 Å². The standard InChI is InChI=1S/C19H19FN6O2S2/c20-14-3-1-2-13(8-14)18-22-15(11-29-18)9-17(28)26-6-4-25(5-7-26)10-16(27)23-19-24-21-12-30-19/h1-3,8,11-12H,4-7,9-10H2,(H,23,24,27). The van der Waals surface area contributed by atoms with Gasteiger partial charge in [-0.1, -0.05) is 23.5 Å². The van der Waals surface area contributed by atoms with Gasteiger partial charge in [0.15, 0.2) is 0 Å². The van der Waals surface area contributed by atoms with Crippen LogP contribution in [0.5, 0.6) is 0 Å². The summed E-state index contributed by atoms with van der Waals surface area (Å²) in [5, 5.41) is 13.2. The SMILES string of the molecule is O=C(CN1CCN(C(=O)Cc2csc(-c3cccc(F)c3)n2)CC1)Nc1nncs1. The van der Waals surface area contributed by atoms with Crippen molar-refractivity contribution in [3.63, 3.8) is 0 Å². The average Bonchev–Trinajstić information content (AvgIpc) is 3.40. The molecule has 2 amide bonds. The molecule has 3 heterocycles. The molecule has 0 radical (unpaired) electrons. The Labute approximate surface area is 180 Å². The van der Waals surface area contributed by atoms with Crippen molar-refractivity contribution >= 4 is 39.6 Å². The Morgan fingerprint density at radius 2 is 2.00 bits per heavy atom. The molecule has 0 unspecified atom stereocenters. The molecule has 11 heteroatoms. The van der Waals surface area contributed by atoms with Gasteiger partial charge in [0.05, 0.1) is 18.7 Å². The molecule has 1 N–H and O–H groups in total. The molecule has 1 saturated heterocycles. The van der Waals surface area contributed by atoms with Crippen molar-refractivity contribution in [3.05, 3.63) is 46.7 Å². The lowest BCUT2D eigenvalue weighted by Crippen LogP contribution is -2.50. The van der Waals surface area contributed by atoms with E-state index in [-0.39, 0.29) is 30.6 Å². The minimum atomic E-state index is -0.310. The second-order valence-corrected chi connectivity index (χ2v) is 8.47. The van der Waals surface area contributed by atoms with E-state index in [4.69, 9.17) is 0 Å². The number of benzene rings is 1. The Balaban J connectivity index is 1.25. The summed E-state index contributed by atoms with van der Waals surface area (Å²) >= 11 is 2.67. The second kappa shape index (κ2) is 9.37. The van der Waals surface area contributed by atoms with Crippen molar-refractivity contribution in [2.24, 2.45) is 0 Å². The fourth-order valence-electron chi connectivity index (χ4n) is 3.15. The number of aromatic nitrogens is 3. The van der Waals surface area contributed by atoms with Crippen LogP contribution in [-0.2, 0) is 16.0 Å². The average molecular weight is 447 g/mol. The molecule has 4 rings (SSSR count). The summed E-state index contributed by atoms with van der Waals surface area (Å²) < 4.78 is 13.4. The molecular formula is C19H19FN6O2S2. The quantitative estimate of drug-likeness (QED) is 0.624. The van der Waals surface area contributed by atoms with E-state index in [2.05, 4.69) is 20.5 Å². The van der Waals surface area contributed by atoms with Gasteiger partial charge in [-0.25, -0.2) is 9.37 Å². The Morgan fingerprint density at radius 1 is 1.17 bits per heavy atom. The summed E-state index contributed by atoms with van der Waals surface area (Å²) in [6, 6.07) is 6.27. The van der Waals surface area contributed by atoms with E-state index in [9.17, 15) is 14.0 Å². The largest absolute Gasteiger partial charge is 0.340 e. The van der Waals surface area contributed by atoms with Gasteiger partial charge < -0.3 is 4.90 Å². The molecule has 0 saturated carbocycles. The number of piperazine rings is 1. The fraction of sp³-hybridized carbons (Fsp3) is 0.316. The van der Waals surface area contributed by atoms with Crippen LogP contribution in [-0.4, -0.2) is 69.5 Å². The van der Waals surface area contributed by atoms with E-state index in [0.717, 1.165) is 0 Å². The van der Waals surface area contributed by atoms with Crippen LogP contribution < -0.4 is 5.32 Å². The lowest BCUT2D eigenvalue weighted by molar-refractivity contribution is -0.132. The Morgan fingerprint density at radius 3 is 2.73 bits per heavy atom. The highest BCUT2D eigenvalue weighted by Gasteiger charge is 2.23. The van der Waals surface area contributed by atoms with Gasteiger partial charge in [0.2, 0.25) is 16.9 Å². The number of hydrogen-bond donors (Lipinski definition) is 1. The summed E-state index contributed by atoms with van der Waals surface area (Å²) in [6.07, 6.45) is 0.212. The smallest absolute Gasteiger partial charge is 0.240 e. The van der Waals surface area contributed by atoms with Crippen molar-refractivity contribution < 1.29 is 14.0 Å². The van der Waals surface area contributed by atoms with Crippen LogP contribution in [0.15, 0.2) is 35.2 Å². The molecule has 1 aromatic carbocycles. The number of nitrogens with zero attached hydrogens (tertiary/aromatic N) is 5. The van der Waals surface area contributed by atoms with Crippen LogP contribution >= 0.6 is 22.7 Å². The van der Waals surface area contributed by atoms with Crippen LogP contribution in [0.25, 0.3) is 10.6 Å². The highest BCUT2D eigenvalue weighted by Crippen LogP contribution is 2.24. The number of anilines is 1. The lowest BCUT2D eigenvalue weighted by Gasteiger charge is -2.34. The topological polar surface area (TPSA) is 91.3 Å². The second-order valence-electron chi connectivity index (χ2n) is 6.78. The number of carbonyl (C=O) groups is 2. The van der Waals surface area contributed by atoms with E-state index in [1.165, 1.54) is 34.8 Å². The summed E-state index contributed by atoms with van der Waals surface area (Å²) in [5.41, 5.74) is 2.95. The maximum Gasteiger partial charge on any atom is 0.240 e. The Kier molecular flexibility index (Phi) is 6.41. The molecule has 1 aliphatic heterocycles. The number of carbonyl (C=O) groups excluding carboxylic acids is 2.